The normalized spacial score (nSPS) is 10.8. The molecule has 17 heavy (non-hydrogen) atoms. The fourth-order valence-electron chi connectivity index (χ4n) is 1.90. The van der Waals surface area contributed by atoms with Crippen molar-refractivity contribution in [2.45, 2.75) is 6.92 Å². The van der Waals surface area contributed by atoms with Gasteiger partial charge in [-0.3, -0.25) is 4.98 Å². The number of halogens is 1. The molecule has 3 nitrogen and oxygen atoms in total. The molecule has 0 unspecified atom stereocenters. The third-order valence-corrected chi connectivity index (χ3v) is 2.72. The van der Waals surface area contributed by atoms with Crippen LogP contribution in [0.15, 0.2) is 24.3 Å². The summed E-state index contributed by atoms with van der Waals surface area (Å²) < 4.78 is 13.3. The van der Waals surface area contributed by atoms with Crippen molar-refractivity contribution in [3.05, 3.63) is 35.8 Å². The van der Waals surface area contributed by atoms with Gasteiger partial charge in [0.25, 0.3) is 0 Å². The lowest BCUT2D eigenvalue weighted by atomic mass is 10.1. The van der Waals surface area contributed by atoms with Gasteiger partial charge >= 0.3 is 0 Å². The van der Waals surface area contributed by atoms with Gasteiger partial charge in [0.1, 0.15) is 5.82 Å². The second-order valence-corrected chi connectivity index (χ2v) is 4.09. The highest BCUT2D eigenvalue weighted by Crippen LogP contribution is 2.26. The number of hydrogen-bond acceptors (Lipinski definition) is 3. The second-order valence-electron chi connectivity index (χ2n) is 4.09. The fraction of sp³-hybridized carbons (Fsp3) is 0.308. The van der Waals surface area contributed by atoms with Crippen LogP contribution in [0, 0.1) is 12.7 Å². The molecule has 0 fully saturated rings. The van der Waals surface area contributed by atoms with E-state index in [0.29, 0.717) is 6.54 Å². The molecule has 1 N–H and O–H groups in total. The Bertz CT molecular complexity index is 542. The van der Waals surface area contributed by atoms with E-state index in [0.717, 1.165) is 22.3 Å². The van der Waals surface area contributed by atoms with Crippen LogP contribution in [0.2, 0.25) is 0 Å². The van der Waals surface area contributed by atoms with Crippen LogP contribution in [0.5, 0.6) is 0 Å². The smallest absolute Gasteiger partial charge is 0.124 e. The first-order chi connectivity index (χ1) is 8.11. The van der Waals surface area contributed by atoms with Crippen molar-refractivity contribution < 1.29 is 9.50 Å². The zero-order valence-electron chi connectivity index (χ0n) is 9.94. The maximum atomic E-state index is 13.3. The number of nitrogens with zero attached hydrogens (tertiary/aromatic N) is 2. The number of anilines is 1. The Labute approximate surface area is 99.5 Å². The van der Waals surface area contributed by atoms with Crippen molar-refractivity contribution >= 4 is 16.6 Å². The molecule has 0 saturated carbocycles. The van der Waals surface area contributed by atoms with Crippen molar-refractivity contribution in [2.75, 3.05) is 25.1 Å². The second kappa shape index (κ2) is 4.67. The van der Waals surface area contributed by atoms with E-state index in [9.17, 15) is 4.39 Å². The number of fused-ring (bicyclic) bond motifs is 1. The summed E-state index contributed by atoms with van der Waals surface area (Å²) in [6.07, 6.45) is 0. The molecule has 0 bridgehead atoms. The highest BCUT2D eigenvalue weighted by Gasteiger charge is 2.08. The van der Waals surface area contributed by atoms with Crippen LogP contribution in [-0.2, 0) is 0 Å². The molecule has 0 saturated heterocycles. The average molecular weight is 234 g/mol. The monoisotopic (exact) mass is 234 g/mol. The van der Waals surface area contributed by atoms with Crippen LogP contribution in [0.25, 0.3) is 10.9 Å². The van der Waals surface area contributed by atoms with Gasteiger partial charge in [-0.25, -0.2) is 4.39 Å². The summed E-state index contributed by atoms with van der Waals surface area (Å²) in [5.41, 5.74) is 2.54. The molecule has 0 atom stereocenters. The van der Waals surface area contributed by atoms with Gasteiger partial charge in [-0.05, 0) is 31.2 Å². The number of aryl methyl sites for hydroxylation is 1. The molecule has 0 amide bonds. The van der Waals surface area contributed by atoms with Crippen molar-refractivity contribution in [1.82, 2.24) is 4.98 Å². The summed E-state index contributed by atoms with van der Waals surface area (Å²) in [7, 11) is 1.87. The minimum atomic E-state index is -0.276. The van der Waals surface area contributed by atoms with Crippen molar-refractivity contribution in [3.63, 3.8) is 0 Å². The molecule has 1 heterocycles. The molecule has 2 rings (SSSR count). The Morgan fingerprint density at radius 2 is 2.12 bits per heavy atom. The quantitative estimate of drug-likeness (QED) is 0.883. The average Bonchev–Trinajstić information content (AvgIpc) is 2.29. The minimum Gasteiger partial charge on any atom is -0.395 e. The maximum Gasteiger partial charge on any atom is 0.124 e. The summed E-state index contributed by atoms with van der Waals surface area (Å²) in [5, 5.41) is 9.73. The van der Waals surface area contributed by atoms with E-state index >= 15 is 0 Å². The number of hydrogen-bond donors (Lipinski definition) is 1. The number of aromatic nitrogens is 1. The number of pyridine rings is 1. The molecule has 0 radical (unpaired) electrons. The highest BCUT2D eigenvalue weighted by molar-refractivity contribution is 5.91. The zero-order valence-corrected chi connectivity index (χ0v) is 9.94. The predicted molar refractivity (Wildman–Crippen MR) is 66.8 cm³/mol. The van der Waals surface area contributed by atoms with Gasteiger partial charge in [0.2, 0.25) is 0 Å². The lowest BCUT2D eigenvalue weighted by molar-refractivity contribution is 0.304. The van der Waals surface area contributed by atoms with Gasteiger partial charge in [0.05, 0.1) is 12.1 Å². The molecule has 90 valence electrons. The van der Waals surface area contributed by atoms with Gasteiger partial charge in [0, 0.05) is 30.4 Å². The summed E-state index contributed by atoms with van der Waals surface area (Å²) in [5.74, 6) is -0.276. The maximum absolute atomic E-state index is 13.3. The first-order valence-electron chi connectivity index (χ1n) is 5.50. The third kappa shape index (κ3) is 2.36. The predicted octanol–water partition coefficient (Wildman–Crippen LogP) is 2.11. The number of rotatable bonds is 3. The van der Waals surface area contributed by atoms with Crippen LogP contribution in [0.3, 0.4) is 0 Å². The summed E-state index contributed by atoms with van der Waals surface area (Å²) >= 11 is 0. The third-order valence-electron chi connectivity index (χ3n) is 2.72. The molecule has 0 aliphatic heterocycles. The lowest BCUT2D eigenvalue weighted by Gasteiger charge is -2.20. The van der Waals surface area contributed by atoms with Crippen LogP contribution < -0.4 is 4.90 Å². The van der Waals surface area contributed by atoms with Crippen molar-refractivity contribution in [1.29, 1.82) is 0 Å². The van der Waals surface area contributed by atoms with E-state index < -0.39 is 0 Å². The van der Waals surface area contributed by atoms with Crippen LogP contribution in [0.1, 0.15) is 5.69 Å². The van der Waals surface area contributed by atoms with E-state index in [1.165, 1.54) is 12.1 Å². The Balaban J connectivity index is 2.63. The Hall–Kier alpha value is -1.68. The molecule has 0 aliphatic rings. The SMILES string of the molecule is Cc1cc(N(C)CCO)c2cc(F)ccc2n1. The highest BCUT2D eigenvalue weighted by atomic mass is 19.1. The van der Waals surface area contributed by atoms with Gasteiger partial charge in [-0.2, -0.15) is 0 Å². The Morgan fingerprint density at radius 1 is 1.35 bits per heavy atom. The molecule has 2 aromatic rings. The molecular formula is C13H15FN2O. The molecule has 1 aromatic heterocycles. The summed E-state index contributed by atoms with van der Waals surface area (Å²) in [4.78, 5) is 6.26. The van der Waals surface area contributed by atoms with Gasteiger partial charge in [-0.15, -0.1) is 0 Å². The van der Waals surface area contributed by atoms with Gasteiger partial charge < -0.3 is 10.0 Å². The first kappa shape index (κ1) is 11.8. The molecular weight excluding hydrogens is 219 g/mol. The standard InChI is InChI=1S/C13H15FN2O/c1-9-7-13(16(2)5-6-17)11-8-10(14)3-4-12(11)15-9/h3-4,7-8,17H,5-6H2,1-2H3. The zero-order chi connectivity index (χ0) is 12.4. The van der Waals surface area contributed by atoms with E-state index in [2.05, 4.69) is 4.98 Å². The summed E-state index contributed by atoms with van der Waals surface area (Å²) in [6.45, 7) is 2.48. The molecule has 1 aromatic carbocycles. The van der Waals surface area contributed by atoms with Gasteiger partial charge in [-0.1, -0.05) is 0 Å². The Kier molecular flexibility index (Phi) is 3.24. The topological polar surface area (TPSA) is 36.4 Å². The number of aliphatic hydroxyl groups excluding tert-OH is 1. The Morgan fingerprint density at radius 3 is 2.82 bits per heavy atom. The van der Waals surface area contributed by atoms with Crippen molar-refractivity contribution in [2.24, 2.45) is 0 Å². The lowest BCUT2D eigenvalue weighted by Crippen LogP contribution is -2.21. The largest absolute Gasteiger partial charge is 0.395 e. The van der Waals surface area contributed by atoms with Gasteiger partial charge in [0.15, 0.2) is 0 Å². The number of likely N-dealkylation sites (N-methyl/N-ethyl adjacent to an activating group) is 1. The first-order valence-corrected chi connectivity index (χ1v) is 5.50. The van der Waals surface area contributed by atoms with Crippen LogP contribution in [0.4, 0.5) is 10.1 Å². The number of benzene rings is 1. The summed E-state index contributed by atoms with van der Waals surface area (Å²) in [6, 6.07) is 6.46. The molecule has 0 aliphatic carbocycles. The van der Waals surface area contributed by atoms with E-state index in [1.54, 1.807) is 6.07 Å². The van der Waals surface area contributed by atoms with E-state index in [-0.39, 0.29) is 12.4 Å². The van der Waals surface area contributed by atoms with Crippen LogP contribution in [-0.4, -0.2) is 30.3 Å². The minimum absolute atomic E-state index is 0.0642. The fourth-order valence-corrected chi connectivity index (χ4v) is 1.90. The molecule has 0 spiro atoms. The van der Waals surface area contributed by atoms with Crippen molar-refractivity contribution in [3.8, 4) is 0 Å². The number of aliphatic hydroxyl groups is 1. The van der Waals surface area contributed by atoms with E-state index in [4.69, 9.17) is 5.11 Å². The van der Waals surface area contributed by atoms with Crippen LogP contribution >= 0.6 is 0 Å². The molecule has 4 heteroatoms. The van der Waals surface area contributed by atoms with E-state index in [1.807, 2.05) is 24.9 Å².